The van der Waals surface area contributed by atoms with Crippen LogP contribution in [0.3, 0.4) is 0 Å². The van der Waals surface area contributed by atoms with E-state index in [1.165, 1.54) is 11.8 Å². The summed E-state index contributed by atoms with van der Waals surface area (Å²) in [5, 5.41) is 3.81. The van der Waals surface area contributed by atoms with Gasteiger partial charge in [0, 0.05) is 18.8 Å². The molecule has 2 aromatic rings. The summed E-state index contributed by atoms with van der Waals surface area (Å²) in [5.41, 5.74) is 1.99. The van der Waals surface area contributed by atoms with E-state index >= 15 is 0 Å². The number of halogens is 2. The van der Waals surface area contributed by atoms with Gasteiger partial charge >= 0.3 is 0 Å². The summed E-state index contributed by atoms with van der Waals surface area (Å²) in [6.45, 7) is 4.55. The summed E-state index contributed by atoms with van der Waals surface area (Å²) in [6, 6.07) is 14.6. The standard InChI is InChI=1S/C21H24Cl2N2O2S/c1-3-24-21(27)15(2)25(12-16-7-5-4-6-8-16)20(26)14-28-13-17-9-10-18(22)19(23)11-17/h4-11,15H,3,12-14H2,1-2H3,(H,24,27)/t15-/m0/s1. The highest BCUT2D eigenvalue weighted by Gasteiger charge is 2.25. The maximum atomic E-state index is 12.9. The molecule has 0 aliphatic heterocycles. The second kappa shape index (κ2) is 11.3. The number of carbonyl (C=O) groups is 2. The van der Waals surface area contributed by atoms with Crippen LogP contribution < -0.4 is 5.32 Å². The number of thioether (sulfide) groups is 1. The lowest BCUT2D eigenvalue weighted by Gasteiger charge is -2.28. The van der Waals surface area contributed by atoms with Gasteiger partial charge in [0.15, 0.2) is 0 Å². The Morgan fingerprint density at radius 3 is 2.43 bits per heavy atom. The van der Waals surface area contributed by atoms with Gasteiger partial charge < -0.3 is 10.2 Å². The van der Waals surface area contributed by atoms with Crippen molar-refractivity contribution in [1.82, 2.24) is 10.2 Å². The third-order valence-corrected chi connectivity index (χ3v) is 5.92. The minimum absolute atomic E-state index is 0.0762. The summed E-state index contributed by atoms with van der Waals surface area (Å²) in [7, 11) is 0. The van der Waals surface area contributed by atoms with Gasteiger partial charge in [-0.1, -0.05) is 59.6 Å². The molecule has 0 bridgehead atoms. The Labute approximate surface area is 180 Å². The predicted octanol–water partition coefficient (Wildman–Crippen LogP) is 4.78. The Balaban J connectivity index is 2.02. The zero-order valence-electron chi connectivity index (χ0n) is 16.0. The SMILES string of the molecule is CCNC(=O)[C@H](C)N(Cc1ccccc1)C(=O)CSCc1ccc(Cl)c(Cl)c1. The molecule has 1 N–H and O–H groups in total. The largest absolute Gasteiger partial charge is 0.355 e. The molecular formula is C21H24Cl2N2O2S. The molecular weight excluding hydrogens is 415 g/mol. The average Bonchev–Trinajstić information content (AvgIpc) is 2.69. The molecule has 28 heavy (non-hydrogen) atoms. The molecule has 0 saturated carbocycles. The minimum Gasteiger partial charge on any atom is -0.355 e. The lowest BCUT2D eigenvalue weighted by atomic mass is 10.1. The second-order valence-electron chi connectivity index (χ2n) is 6.32. The molecule has 0 saturated heterocycles. The van der Waals surface area contributed by atoms with E-state index < -0.39 is 6.04 Å². The first-order chi connectivity index (χ1) is 13.4. The Morgan fingerprint density at radius 2 is 1.79 bits per heavy atom. The molecule has 2 rings (SSSR count). The van der Waals surface area contributed by atoms with E-state index in [0.717, 1.165) is 11.1 Å². The Bertz CT molecular complexity index is 802. The van der Waals surface area contributed by atoms with Crippen molar-refractivity contribution in [1.29, 1.82) is 0 Å². The third-order valence-electron chi connectivity index (χ3n) is 4.19. The Kier molecular flexibility index (Phi) is 9.16. The van der Waals surface area contributed by atoms with E-state index in [2.05, 4.69) is 5.32 Å². The molecule has 0 unspecified atom stereocenters. The van der Waals surface area contributed by atoms with E-state index in [1.807, 2.05) is 43.3 Å². The highest BCUT2D eigenvalue weighted by atomic mass is 35.5. The van der Waals surface area contributed by atoms with Gasteiger partial charge in [0.25, 0.3) is 0 Å². The summed E-state index contributed by atoms with van der Waals surface area (Å²) in [6.07, 6.45) is 0. The van der Waals surface area contributed by atoms with Gasteiger partial charge in [-0.3, -0.25) is 9.59 Å². The third kappa shape index (κ3) is 6.73. The molecule has 150 valence electrons. The maximum absolute atomic E-state index is 12.9. The van der Waals surface area contributed by atoms with E-state index in [1.54, 1.807) is 24.0 Å². The van der Waals surface area contributed by atoms with Crippen LogP contribution in [0.4, 0.5) is 0 Å². The van der Waals surface area contributed by atoms with Gasteiger partial charge in [-0.15, -0.1) is 11.8 Å². The van der Waals surface area contributed by atoms with E-state index in [0.29, 0.717) is 28.9 Å². The van der Waals surface area contributed by atoms with Crippen LogP contribution in [-0.4, -0.2) is 35.1 Å². The molecule has 4 nitrogen and oxygen atoms in total. The number of carbonyl (C=O) groups excluding carboxylic acids is 2. The molecule has 0 aromatic heterocycles. The first-order valence-electron chi connectivity index (χ1n) is 9.05. The maximum Gasteiger partial charge on any atom is 0.242 e. The summed E-state index contributed by atoms with van der Waals surface area (Å²) >= 11 is 13.5. The van der Waals surface area contributed by atoms with Crippen LogP contribution in [0.1, 0.15) is 25.0 Å². The highest BCUT2D eigenvalue weighted by Crippen LogP contribution is 2.25. The number of hydrogen-bond acceptors (Lipinski definition) is 3. The smallest absolute Gasteiger partial charge is 0.242 e. The van der Waals surface area contributed by atoms with Crippen molar-refractivity contribution in [3.05, 3.63) is 69.7 Å². The van der Waals surface area contributed by atoms with Crippen molar-refractivity contribution in [2.75, 3.05) is 12.3 Å². The Hall–Kier alpha value is -1.69. The fraction of sp³-hybridized carbons (Fsp3) is 0.333. The van der Waals surface area contributed by atoms with Crippen LogP contribution in [-0.2, 0) is 21.9 Å². The molecule has 7 heteroatoms. The number of nitrogens with zero attached hydrogens (tertiary/aromatic N) is 1. The lowest BCUT2D eigenvalue weighted by Crippen LogP contribution is -2.48. The van der Waals surface area contributed by atoms with Gasteiger partial charge in [0.1, 0.15) is 6.04 Å². The summed E-state index contributed by atoms with van der Waals surface area (Å²) in [4.78, 5) is 26.8. The molecule has 0 spiro atoms. The lowest BCUT2D eigenvalue weighted by molar-refractivity contribution is -0.138. The molecule has 0 heterocycles. The van der Waals surface area contributed by atoms with E-state index in [4.69, 9.17) is 23.2 Å². The van der Waals surface area contributed by atoms with Crippen molar-refractivity contribution in [2.24, 2.45) is 0 Å². The molecule has 2 amide bonds. The molecule has 2 aromatic carbocycles. The predicted molar refractivity (Wildman–Crippen MR) is 118 cm³/mol. The summed E-state index contributed by atoms with van der Waals surface area (Å²) < 4.78 is 0. The molecule has 0 aliphatic rings. The first-order valence-corrected chi connectivity index (χ1v) is 11.0. The summed E-state index contributed by atoms with van der Waals surface area (Å²) in [5.74, 6) is 0.683. The molecule has 0 aliphatic carbocycles. The molecule has 1 atom stereocenters. The van der Waals surface area contributed by atoms with Crippen LogP contribution >= 0.6 is 35.0 Å². The normalized spacial score (nSPS) is 11.7. The van der Waals surface area contributed by atoms with Crippen molar-refractivity contribution in [3.63, 3.8) is 0 Å². The van der Waals surface area contributed by atoms with Crippen molar-refractivity contribution in [2.45, 2.75) is 32.2 Å². The van der Waals surface area contributed by atoms with Gasteiger partial charge in [0.05, 0.1) is 15.8 Å². The first kappa shape index (κ1) is 22.6. The average molecular weight is 439 g/mol. The van der Waals surface area contributed by atoms with Gasteiger partial charge in [-0.05, 0) is 37.1 Å². The fourth-order valence-corrected chi connectivity index (χ4v) is 3.83. The molecule has 0 radical (unpaired) electrons. The number of rotatable bonds is 9. The topological polar surface area (TPSA) is 49.4 Å². The number of nitrogens with one attached hydrogen (secondary N) is 1. The van der Waals surface area contributed by atoms with Gasteiger partial charge in [-0.25, -0.2) is 0 Å². The molecule has 0 fully saturated rings. The monoisotopic (exact) mass is 438 g/mol. The highest BCUT2D eigenvalue weighted by molar-refractivity contribution is 7.99. The van der Waals surface area contributed by atoms with E-state index in [-0.39, 0.29) is 17.6 Å². The zero-order chi connectivity index (χ0) is 20.5. The van der Waals surface area contributed by atoms with Crippen molar-refractivity contribution < 1.29 is 9.59 Å². The van der Waals surface area contributed by atoms with Crippen LogP contribution in [0.25, 0.3) is 0 Å². The van der Waals surface area contributed by atoms with Crippen molar-refractivity contribution in [3.8, 4) is 0 Å². The van der Waals surface area contributed by atoms with Crippen molar-refractivity contribution >= 4 is 46.8 Å². The second-order valence-corrected chi connectivity index (χ2v) is 8.12. The number of likely N-dealkylation sites (N-methyl/N-ethyl adjacent to an activating group) is 1. The number of benzene rings is 2. The van der Waals surface area contributed by atoms with Gasteiger partial charge in [0.2, 0.25) is 11.8 Å². The number of amides is 2. The number of hydrogen-bond donors (Lipinski definition) is 1. The van der Waals surface area contributed by atoms with Gasteiger partial charge in [-0.2, -0.15) is 0 Å². The van der Waals surface area contributed by atoms with Crippen LogP contribution in [0.5, 0.6) is 0 Å². The van der Waals surface area contributed by atoms with Crippen LogP contribution in [0.15, 0.2) is 48.5 Å². The quantitative estimate of drug-likeness (QED) is 0.612. The Morgan fingerprint density at radius 1 is 1.07 bits per heavy atom. The zero-order valence-corrected chi connectivity index (χ0v) is 18.3. The van der Waals surface area contributed by atoms with E-state index in [9.17, 15) is 9.59 Å². The fourth-order valence-electron chi connectivity index (χ4n) is 2.65. The minimum atomic E-state index is -0.543. The van der Waals surface area contributed by atoms with Crippen LogP contribution in [0, 0.1) is 0 Å². The van der Waals surface area contributed by atoms with Crippen LogP contribution in [0.2, 0.25) is 10.0 Å².